The Morgan fingerprint density at radius 2 is 1.76 bits per heavy atom. The minimum Gasteiger partial charge on any atom is -0.367 e. The number of fused-ring (bicyclic) bond motifs is 2. The summed E-state index contributed by atoms with van der Waals surface area (Å²) < 4.78 is 15.5. The van der Waals surface area contributed by atoms with Gasteiger partial charge in [0.25, 0.3) is 5.91 Å². The summed E-state index contributed by atoms with van der Waals surface area (Å²) in [7, 11) is 2.22. The molecular weight excluding hydrogens is 483 g/mol. The van der Waals surface area contributed by atoms with Crippen molar-refractivity contribution in [3.63, 3.8) is 0 Å². The number of pyridine rings is 1. The molecule has 0 spiro atoms. The molecule has 0 radical (unpaired) electrons. The lowest BCUT2D eigenvalue weighted by Gasteiger charge is -2.40. The van der Waals surface area contributed by atoms with Gasteiger partial charge in [0, 0.05) is 36.8 Å². The number of aromatic amines is 1. The molecule has 2 aliphatic rings. The van der Waals surface area contributed by atoms with E-state index >= 15 is 0 Å². The molecule has 0 saturated carbocycles. The van der Waals surface area contributed by atoms with Crippen LogP contribution in [0.3, 0.4) is 0 Å². The third-order valence-electron chi connectivity index (χ3n) is 7.71. The molecule has 6 rings (SSSR count). The van der Waals surface area contributed by atoms with Crippen molar-refractivity contribution < 1.29 is 9.18 Å². The van der Waals surface area contributed by atoms with E-state index in [1.165, 1.54) is 31.2 Å². The summed E-state index contributed by atoms with van der Waals surface area (Å²) in [6, 6.07) is 11.3. The molecular formula is C28H31FN8O. The lowest BCUT2D eigenvalue weighted by Crippen LogP contribution is -2.52. The number of carbonyl (C=O) groups excluding carboxylic acids is 1. The van der Waals surface area contributed by atoms with Crippen LogP contribution in [-0.2, 0) is 0 Å². The van der Waals surface area contributed by atoms with Crippen LogP contribution in [0, 0.1) is 5.82 Å². The van der Waals surface area contributed by atoms with Crippen LogP contribution in [0.5, 0.6) is 0 Å². The second-order valence-electron chi connectivity index (χ2n) is 10.4. The molecule has 0 aliphatic carbocycles. The smallest absolute Gasteiger partial charge is 0.274 e. The first-order valence-electron chi connectivity index (χ1n) is 13.0. The molecule has 2 fully saturated rings. The number of imidazole rings is 2. The van der Waals surface area contributed by atoms with E-state index in [1.807, 2.05) is 36.7 Å². The highest BCUT2D eigenvalue weighted by molar-refractivity contribution is 6.02. The van der Waals surface area contributed by atoms with Crippen LogP contribution in [0.4, 0.5) is 15.9 Å². The first-order chi connectivity index (χ1) is 18.4. The van der Waals surface area contributed by atoms with Gasteiger partial charge in [-0.2, -0.15) is 0 Å². The zero-order chi connectivity index (χ0) is 26.4. The number of H-pyrrole nitrogens is 1. The number of halogens is 1. The van der Waals surface area contributed by atoms with E-state index in [0.717, 1.165) is 30.0 Å². The second-order valence-corrected chi connectivity index (χ2v) is 10.4. The third kappa shape index (κ3) is 4.45. The summed E-state index contributed by atoms with van der Waals surface area (Å²) in [4.78, 5) is 34.6. The highest BCUT2D eigenvalue weighted by Crippen LogP contribution is 2.33. The van der Waals surface area contributed by atoms with Crippen molar-refractivity contribution in [1.82, 2.24) is 29.4 Å². The molecule has 2 bridgehead atoms. The van der Waals surface area contributed by atoms with Gasteiger partial charge in [-0.15, -0.1) is 0 Å². The highest BCUT2D eigenvalue weighted by Gasteiger charge is 2.37. The number of benzene rings is 1. The molecule has 2 unspecified atom stereocenters. The molecule has 1 amide bonds. The molecule has 2 aliphatic heterocycles. The molecule has 196 valence electrons. The van der Waals surface area contributed by atoms with Crippen LogP contribution in [0.15, 0.2) is 55.1 Å². The number of hydrogen-bond acceptors (Lipinski definition) is 6. The standard InChI is InChI=1S/C28H31FN8O/c1-17(2)37-16-32-25(18-4-6-19(29)7-5-18)26(37)27-31-13-23(33-27)28(38)34-24-11-10-20(12-30-24)36-14-21-8-9-22(15-36)35(21)3/h4-7,10-13,16-17,21-22H,8-9,14-15H2,1-3H3,(H,31,33)(H,30,34,38). The van der Waals surface area contributed by atoms with Gasteiger partial charge in [0.2, 0.25) is 0 Å². The molecule has 3 aromatic heterocycles. The van der Waals surface area contributed by atoms with Gasteiger partial charge >= 0.3 is 0 Å². The molecule has 38 heavy (non-hydrogen) atoms. The summed E-state index contributed by atoms with van der Waals surface area (Å²) >= 11 is 0. The number of likely N-dealkylation sites (N-methyl/N-ethyl adjacent to an activating group) is 1. The fourth-order valence-electron chi connectivity index (χ4n) is 5.52. The second kappa shape index (κ2) is 9.68. The summed E-state index contributed by atoms with van der Waals surface area (Å²) in [6.45, 7) is 6.09. The molecule has 5 heterocycles. The maximum atomic E-state index is 13.5. The van der Waals surface area contributed by atoms with Gasteiger partial charge in [-0.05, 0) is 70.1 Å². The maximum Gasteiger partial charge on any atom is 0.274 e. The quantitative estimate of drug-likeness (QED) is 0.391. The largest absolute Gasteiger partial charge is 0.367 e. The van der Waals surface area contributed by atoms with E-state index in [4.69, 9.17) is 0 Å². The number of aromatic nitrogens is 5. The molecule has 2 atom stereocenters. The van der Waals surface area contributed by atoms with Crippen molar-refractivity contribution in [3.05, 3.63) is 66.6 Å². The Morgan fingerprint density at radius 3 is 2.42 bits per heavy atom. The van der Waals surface area contributed by atoms with Crippen LogP contribution in [0.1, 0.15) is 43.2 Å². The topological polar surface area (TPSA) is 95.0 Å². The number of piperazine rings is 1. The lowest BCUT2D eigenvalue weighted by molar-refractivity contribution is 0.102. The van der Waals surface area contributed by atoms with E-state index in [9.17, 15) is 9.18 Å². The predicted octanol–water partition coefficient (Wildman–Crippen LogP) is 4.59. The van der Waals surface area contributed by atoms with Crippen molar-refractivity contribution in [1.29, 1.82) is 0 Å². The number of amides is 1. The monoisotopic (exact) mass is 514 g/mol. The summed E-state index contributed by atoms with van der Waals surface area (Å²) in [5, 5.41) is 2.86. The summed E-state index contributed by atoms with van der Waals surface area (Å²) in [6.07, 6.45) is 7.56. The van der Waals surface area contributed by atoms with Crippen LogP contribution in [0.25, 0.3) is 22.8 Å². The third-order valence-corrected chi connectivity index (χ3v) is 7.71. The number of rotatable bonds is 6. The molecule has 10 heteroatoms. The normalized spacial score (nSPS) is 19.3. The van der Waals surface area contributed by atoms with Crippen LogP contribution >= 0.6 is 0 Å². The predicted molar refractivity (Wildman–Crippen MR) is 145 cm³/mol. The highest BCUT2D eigenvalue weighted by atomic mass is 19.1. The van der Waals surface area contributed by atoms with Crippen LogP contribution in [0.2, 0.25) is 0 Å². The van der Waals surface area contributed by atoms with E-state index in [2.05, 4.69) is 42.1 Å². The van der Waals surface area contributed by atoms with E-state index < -0.39 is 0 Å². The van der Waals surface area contributed by atoms with Gasteiger partial charge in [-0.25, -0.2) is 19.3 Å². The number of nitrogens with one attached hydrogen (secondary N) is 2. The number of anilines is 2. The fourth-order valence-corrected chi connectivity index (χ4v) is 5.52. The first kappa shape index (κ1) is 24.3. The Bertz CT molecular complexity index is 1430. The van der Waals surface area contributed by atoms with E-state index in [1.54, 1.807) is 18.5 Å². The molecule has 2 saturated heterocycles. The Morgan fingerprint density at radius 1 is 1.03 bits per heavy atom. The fraction of sp³-hybridized carbons (Fsp3) is 0.357. The van der Waals surface area contributed by atoms with Crippen LogP contribution < -0.4 is 10.2 Å². The molecule has 1 aromatic carbocycles. The zero-order valence-electron chi connectivity index (χ0n) is 21.7. The van der Waals surface area contributed by atoms with Gasteiger partial charge in [0.1, 0.15) is 23.0 Å². The van der Waals surface area contributed by atoms with Gasteiger partial charge in [-0.1, -0.05) is 0 Å². The average molecular weight is 515 g/mol. The zero-order valence-corrected chi connectivity index (χ0v) is 21.7. The van der Waals surface area contributed by atoms with E-state index in [0.29, 0.717) is 35.1 Å². The van der Waals surface area contributed by atoms with Gasteiger partial charge in [0.05, 0.1) is 30.1 Å². The Balaban J connectivity index is 1.19. The van der Waals surface area contributed by atoms with Crippen molar-refractivity contribution in [2.75, 3.05) is 30.4 Å². The number of carbonyl (C=O) groups is 1. The Kier molecular flexibility index (Phi) is 6.19. The average Bonchev–Trinajstić information content (AvgIpc) is 3.61. The van der Waals surface area contributed by atoms with Crippen molar-refractivity contribution >= 4 is 17.4 Å². The number of nitrogens with zero attached hydrogens (tertiary/aromatic N) is 6. The van der Waals surface area contributed by atoms with Crippen molar-refractivity contribution in [3.8, 4) is 22.8 Å². The van der Waals surface area contributed by atoms with Crippen molar-refractivity contribution in [2.24, 2.45) is 0 Å². The first-order valence-corrected chi connectivity index (χ1v) is 13.0. The summed E-state index contributed by atoms with van der Waals surface area (Å²) in [5.41, 5.74) is 3.54. The van der Waals surface area contributed by atoms with E-state index in [-0.39, 0.29) is 17.8 Å². The van der Waals surface area contributed by atoms with Gasteiger partial charge < -0.3 is 19.8 Å². The SMILES string of the molecule is CC(C)n1cnc(-c2ccc(F)cc2)c1-c1ncc(C(=O)Nc2ccc(N3CC4CCC(C3)N4C)cn2)[nH]1. The van der Waals surface area contributed by atoms with Gasteiger partial charge in [0.15, 0.2) is 5.82 Å². The molecule has 2 N–H and O–H groups in total. The van der Waals surface area contributed by atoms with Crippen molar-refractivity contribution in [2.45, 2.75) is 44.8 Å². The number of hydrogen-bond donors (Lipinski definition) is 2. The molecule has 4 aromatic rings. The Hall–Kier alpha value is -4.05. The maximum absolute atomic E-state index is 13.5. The lowest BCUT2D eigenvalue weighted by atomic mass is 10.1. The molecule has 9 nitrogen and oxygen atoms in total. The van der Waals surface area contributed by atoms with Crippen LogP contribution in [-0.4, -0.2) is 67.5 Å². The van der Waals surface area contributed by atoms with Gasteiger partial charge in [-0.3, -0.25) is 9.69 Å². The Labute approximate surface area is 220 Å². The minimum absolute atomic E-state index is 0.104. The summed E-state index contributed by atoms with van der Waals surface area (Å²) in [5.74, 6) is 0.341. The minimum atomic E-state index is -0.333.